The topological polar surface area (TPSA) is 52.5 Å². The van der Waals surface area contributed by atoms with E-state index < -0.39 is 5.54 Å². The van der Waals surface area contributed by atoms with E-state index in [1.54, 1.807) is 0 Å². The second-order valence-electron chi connectivity index (χ2n) is 7.27. The molecule has 0 bridgehead atoms. The highest BCUT2D eigenvalue weighted by Crippen LogP contribution is 2.30. The summed E-state index contributed by atoms with van der Waals surface area (Å²) >= 11 is 0. The summed E-state index contributed by atoms with van der Waals surface area (Å²) in [5.74, 6) is 0. The summed E-state index contributed by atoms with van der Waals surface area (Å²) in [6, 6.07) is 23.7. The van der Waals surface area contributed by atoms with Crippen LogP contribution in [-0.4, -0.2) is 29.0 Å². The average molecular weight is 345 g/mol. The third kappa shape index (κ3) is 3.06. The van der Waals surface area contributed by atoms with Crippen LogP contribution in [0.15, 0.2) is 66.7 Å². The maximum atomic E-state index is 9.42. The fourth-order valence-corrected chi connectivity index (χ4v) is 3.39. The van der Waals surface area contributed by atoms with Gasteiger partial charge in [0.2, 0.25) is 0 Å². The van der Waals surface area contributed by atoms with Gasteiger partial charge in [0.15, 0.2) is 0 Å². The van der Waals surface area contributed by atoms with Crippen molar-refractivity contribution >= 4 is 32.3 Å². The first kappa shape index (κ1) is 17.0. The number of hydrogen-bond donors (Lipinski definition) is 3. The lowest BCUT2D eigenvalue weighted by molar-refractivity contribution is 0.103. The summed E-state index contributed by atoms with van der Waals surface area (Å²) in [5, 5.41) is 29.5. The molecule has 0 aliphatic heterocycles. The number of fused-ring (bicyclic) bond motifs is 4. The number of benzene rings is 4. The van der Waals surface area contributed by atoms with Crippen LogP contribution in [0.25, 0.3) is 32.3 Å². The quantitative estimate of drug-likeness (QED) is 0.379. The van der Waals surface area contributed by atoms with Crippen LogP contribution in [0.2, 0.25) is 0 Å². The Labute approximate surface area is 152 Å². The van der Waals surface area contributed by atoms with Crippen molar-refractivity contribution in [3.63, 3.8) is 0 Å². The first-order valence-corrected chi connectivity index (χ1v) is 8.93. The summed E-state index contributed by atoms with van der Waals surface area (Å²) in [5.41, 5.74) is 0.461. The lowest BCUT2D eigenvalue weighted by atomic mass is 9.97. The Balaban J connectivity index is 1.75. The van der Waals surface area contributed by atoms with E-state index in [2.05, 4.69) is 72.0 Å². The largest absolute Gasteiger partial charge is 0.394 e. The molecule has 0 atom stereocenters. The van der Waals surface area contributed by atoms with Gasteiger partial charge in [-0.1, -0.05) is 48.5 Å². The molecule has 0 aliphatic carbocycles. The summed E-state index contributed by atoms with van der Waals surface area (Å²) in [4.78, 5) is 0. The lowest BCUT2D eigenvalue weighted by Crippen LogP contribution is -2.48. The van der Waals surface area contributed by atoms with Crippen LogP contribution in [0.4, 0.5) is 0 Å². The molecule has 4 aromatic rings. The molecular formula is C23H23NO2. The second-order valence-corrected chi connectivity index (χ2v) is 7.27. The van der Waals surface area contributed by atoms with Crippen LogP contribution in [0.1, 0.15) is 12.5 Å². The van der Waals surface area contributed by atoms with E-state index >= 15 is 0 Å². The minimum absolute atomic E-state index is 0.102. The number of aliphatic hydroxyl groups is 2. The SMILES string of the molecule is CC(CO)(CO)NCc1ccc2c(ccc3cc4ccccc4cc32)c1. The Morgan fingerprint density at radius 1 is 0.731 bits per heavy atom. The van der Waals surface area contributed by atoms with Crippen LogP contribution in [0, 0.1) is 0 Å². The van der Waals surface area contributed by atoms with E-state index in [1.165, 1.54) is 32.3 Å². The molecular weight excluding hydrogens is 322 g/mol. The third-order valence-electron chi connectivity index (χ3n) is 5.18. The number of aliphatic hydroxyl groups excluding tert-OH is 2. The Kier molecular flexibility index (Phi) is 4.37. The molecule has 0 fully saturated rings. The minimum Gasteiger partial charge on any atom is -0.394 e. The molecule has 3 nitrogen and oxygen atoms in total. The van der Waals surface area contributed by atoms with Gasteiger partial charge in [-0.05, 0) is 63.0 Å². The molecule has 3 heteroatoms. The van der Waals surface area contributed by atoms with Gasteiger partial charge in [-0.25, -0.2) is 0 Å². The summed E-state index contributed by atoms with van der Waals surface area (Å²) in [6.07, 6.45) is 0. The van der Waals surface area contributed by atoms with Gasteiger partial charge in [-0.3, -0.25) is 0 Å². The van der Waals surface area contributed by atoms with E-state index in [-0.39, 0.29) is 13.2 Å². The minimum atomic E-state index is -0.669. The molecule has 3 N–H and O–H groups in total. The van der Waals surface area contributed by atoms with Gasteiger partial charge in [-0.15, -0.1) is 0 Å². The van der Waals surface area contributed by atoms with Crippen molar-refractivity contribution < 1.29 is 10.2 Å². The summed E-state index contributed by atoms with van der Waals surface area (Å²) < 4.78 is 0. The standard InChI is InChI=1S/C23H23NO2/c1-23(14-25,15-26)24-13-16-6-9-21-19(10-16)7-8-20-11-17-4-2-3-5-18(17)12-22(20)21/h2-12,24-26H,13-15H2,1H3. The van der Waals surface area contributed by atoms with E-state index in [9.17, 15) is 10.2 Å². The molecule has 26 heavy (non-hydrogen) atoms. The summed E-state index contributed by atoms with van der Waals surface area (Å²) in [7, 11) is 0. The molecule has 0 amide bonds. The predicted octanol–water partition coefficient (Wildman–Crippen LogP) is 3.98. The first-order chi connectivity index (χ1) is 12.6. The van der Waals surface area contributed by atoms with E-state index in [4.69, 9.17) is 0 Å². The molecule has 0 unspecified atom stereocenters. The van der Waals surface area contributed by atoms with Crippen molar-refractivity contribution in [1.82, 2.24) is 5.32 Å². The van der Waals surface area contributed by atoms with Crippen LogP contribution >= 0.6 is 0 Å². The van der Waals surface area contributed by atoms with Gasteiger partial charge in [0.05, 0.1) is 18.8 Å². The van der Waals surface area contributed by atoms with Crippen molar-refractivity contribution in [2.75, 3.05) is 13.2 Å². The van der Waals surface area contributed by atoms with Gasteiger partial charge in [0.25, 0.3) is 0 Å². The fraction of sp³-hybridized carbons (Fsp3) is 0.217. The molecule has 4 rings (SSSR count). The highest BCUT2D eigenvalue weighted by atomic mass is 16.3. The summed E-state index contributed by atoms with van der Waals surface area (Å²) in [6.45, 7) is 2.21. The van der Waals surface area contributed by atoms with E-state index in [1.807, 2.05) is 6.92 Å². The van der Waals surface area contributed by atoms with Gasteiger partial charge in [-0.2, -0.15) is 0 Å². The van der Waals surface area contributed by atoms with Crippen molar-refractivity contribution in [3.05, 3.63) is 72.3 Å². The van der Waals surface area contributed by atoms with Gasteiger partial charge in [0.1, 0.15) is 0 Å². The maximum Gasteiger partial charge on any atom is 0.0633 e. The zero-order valence-corrected chi connectivity index (χ0v) is 14.9. The molecule has 0 saturated carbocycles. The van der Waals surface area contributed by atoms with Crippen molar-refractivity contribution in [2.24, 2.45) is 0 Å². The average Bonchev–Trinajstić information content (AvgIpc) is 2.70. The van der Waals surface area contributed by atoms with E-state index in [0.717, 1.165) is 5.56 Å². The molecule has 0 saturated heterocycles. The van der Waals surface area contributed by atoms with Crippen LogP contribution in [-0.2, 0) is 6.54 Å². The molecule has 0 aromatic heterocycles. The second kappa shape index (κ2) is 6.69. The third-order valence-corrected chi connectivity index (χ3v) is 5.18. The van der Waals surface area contributed by atoms with Crippen molar-refractivity contribution in [1.29, 1.82) is 0 Å². The number of nitrogens with one attached hydrogen (secondary N) is 1. The zero-order valence-electron chi connectivity index (χ0n) is 14.9. The van der Waals surface area contributed by atoms with Crippen molar-refractivity contribution in [3.8, 4) is 0 Å². The Morgan fingerprint density at radius 3 is 2.08 bits per heavy atom. The van der Waals surface area contributed by atoms with Gasteiger partial charge in [0, 0.05) is 6.54 Å². The Morgan fingerprint density at radius 2 is 1.38 bits per heavy atom. The molecule has 0 radical (unpaired) electrons. The number of rotatable bonds is 5. The normalized spacial score (nSPS) is 12.3. The van der Waals surface area contributed by atoms with Gasteiger partial charge >= 0.3 is 0 Å². The Hall–Kier alpha value is -2.46. The smallest absolute Gasteiger partial charge is 0.0633 e. The molecule has 132 valence electrons. The molecule has 0 spiro atoms. The lowest BCUT2D eigenvalue weighted by Gasteiger charge is -2.26. The fourth-order valence-electron chi connectivity index (χ4n) is 3.39. The highest BCUT2D eigenvalue weighted by Gasteiger charge is 2.21. The molecule has 4 aromatic carbocycles. The van der Waals surface area contributed by atoms with E-state index in [0.29, 0.717) is 6.54 Å². The van der Waals surface area contributed by atoms with Gasteiger partial charge < -0.3 is 15.5 Å². The van der Waals surface area contributed by atoms with Crippen LogP contribution in [0.5, 0.6) is 0 Å². The maximum absolute atomic E-state index is 9.42. The zero-order chi connectivity index (χ0) is 18.1. The monoisotopic (exact) mass is 345 g/mol. The van der Waals surface area contributed by atoms with Crippen LogP contribution < -0.4 is 5.32 Å². The van der Waals surface area contributed by atoms with Crippen molar-refractivity contribution in [2.45, 2.75) is 19.0 Å². The predicted molar refractivity (Wildman–Crippen MR) is 108 cm³/mol. The number of hydrogen-bond acceptors (Lipinski definition) is 3. The first-order valence-electron chi connectivity index (χ1n) is 8.93. The highest BCUT2D eigenvalue weighted by molar-refractivity contribution is 6.12. The molecule has 0 aliphatic rings. The molecule has 0 heterocycles. The van der Waals surface area contributed by atoms with Crippen LogP contribution in [0.3, 0.4) is 0 Å². The Bertz CT molecular complexity index is 1080.